The molecule has 0 aromatic heterocycles. The van der Waals surface area contributed by atoms with E-state index in [9.17, 15) is 0 Å². The van der Waals surface area contributed by atoms with Crippen LogP contribution in [0.2, 0.25) is 0 Å². The number of rotatable bonds is 0. The number of hydrogen-bond donors (Lipinski definition) is 0. The summed E-state index contributed by atoms with van der Waals surface area (Å²) < 4.78 is 25.8. The first-order chi connectivity index (χ1) is 1.73. The monoisotopic (exact) mass is 268 g/mol. The third-order valence-electron chi connectivity index (χ3n) is 0. The van der Waals surface area contributed by atoms with Crippen LogP contribution in [0.15, 0.2) is 0 Å². The normalized spacial score (nSPS) is 4.80. The molecule has 32 valence electrons. The molecule has 0 aromatic carbocycles. The van der Waals surface area contributed by atoms with E-state index in [-0.39, 0.29) is 12.4 Å². The molecule has 0 saturated heterocycles. The number of hydrogen-bond acceptors (Lipinski definition) is 3. The Balaban J connectivity index is 0. The molecule has 0 N–H and O–H groups in total. The summed E-state index contributed by atoms with van der Waals surface area (Å²) in [7, 11) is 0. The van der Waals surface area contributed by atoms with Crippen molar-refractivity contribution in [2.45, 2.75) is 0 Å². The third kappa shape index (κ3) is 173. The van der Waals surface area contributed by atoms with Crippen molar-refractivity contribution < 1.29 is 27.4 Å². The SMILES string of the molecule is Cl.[O]=[W](=[O])=[O]. The van der Waals surface area contributed by atoms with E-state index < -0.39 is 17.2 Å². The third-order valence-corrected chi connectivity index (χ3v) is 0. The molecule has 0 spiro atoms. The molecule has 0 aliphatic heterocycles. The van der Waals surface area contributed by atoms with Gasteiger partial charge in [-0.05, 0) is 0 Å². The maximum absolute atomic E-state index is 8.61. The van der Waals surface area contributed by atoms with Gasteiger partial charge in [0, 0.05) is 0 Å². The van der Waals surface area contributed by atoms with Crippen molar-refractivity contribution >= 4 is 12.4 Å². The van der Waals surface area contributed by atoms with Crippen molar-refractivity contribution in [3.63, 3.8) is 0 Å². The van der Waals surface area contributed by atoms with Crippen molar-refractivity contribution in [3.8, 4) is 0 Å². The zero-order valence-electron chi connectivity index (χ0n) is 2.04. The van der Waals surface area contributed by atoms with Gasteiger partial charge in [0.05, 0.1) is 0 Å². The van der Waals surface area contributed by atoms with Crippen molar-refractivity contribution in [3.05, 3.63) is 0 Å². The van der Waals surface area contributed by atoms with Crippen LogP contribution in [0.4, 0.5) is 0 Å². The van der Waals surface area contributed by atoms with E-state index in [2.05, 4.69) is 0 Å². The average Bonchev–Trinajstić information content (AvgIpc) is 0.811. The Hall–Kier alpha value is 0.378. The van der Waals surface area contributed by atoms with Gasteiger partial charge in [-0.15, -0.1) is 12.4 Å². The Kier molecular flexibility index (Phi) is 7.91. The summed E-state index contributed by atoms with van der Waals surface area (Å²) in [5.41, 5.74) is 0. The standard InChI is InChI=1S/ClH.3O.W/h1H;;;;. The Bertz CT molecular complexity index is 76.3. The van der Waals surface area contributed by atoms with Crippen molar-refractivity contribution in [2.24, 2.45) is 0 Å². The Labute approximate surface area is 40.3 Å². The molecule has 0 heterocycles. The van der Waals surface area contributed by atoms with Gasteiger partial charge in [0.2, 0.25) is 0 Å². The minimum atomic E-state index is -4.28. The molecule has 0 aliphatic rings. The molecule has 0 amide bonds. The van der Waals surface area contributed by atoms with Crippen molar-refractivity contribution in [1.82, 2.24) is 0 Å². The summed E-state index contributed by atoms with van der Waals surface area (Å²) >= 11 is -4.28. The predicted molar refractivity (Wildman–Crippen MR) is 9.31 cm³/mol. The second kappa shape index (κ2) is 4.38. The van der Waals surface area contributed by atoms with Crippen LogP contribution in [-0.4, -0.2) is 0 Å². The first-order valence-electron chi connectivity index (χ1n) is 0.500. The summed E-state index contributed by atoms with van der Waals surface area (Å²) in [5, 5.41) is 0. The fraction of sp³-hybridized carbons (Fsp3) is 0. The quantitative estimate of drug-likeness (QED) is 0.624. The zero-order chi connectivity index (χ0) is 3.58. The van der Waals surface area contributed by atoms with Gasteiger partial charge < -0.3 is 0 Å². The molecule has 0 unspecified atom stereocenters. The van der Waals surface area contributed by atoms with Crippen LogP contribution in [0.5, 0.6) is 0 Å². The summed E-state index contributed by atoms with van der Waals surface area (Å²) in [6, 6.07) is 0. The molecule has 5 heteroatoms. The minimum absolute atomic E-state index is 0. The van der Waals surface area contributed by atoms with E-state index in [1.807, 2.05) is 0 Å². The van der Waals surface area contributed by atoms with Crippen LogP contribution in [-0.2, 0) is 27.4 Å². The topological polar surface area (TPSA) is 51.2 Å². The van der Waals surface area contributed by atoms with E-state index in [1.165, 1.54) is 0 Å². The van der Waals surface area contributed by atoms with Gasteiger partial charge in [-0.3, -0.25) is 0 Å². The molecule has 3 nitrogen and oxygen atoms in total. The maximum atomic E-state index is 8.61. The predicted octanol–water partition coefficient (Wildman–Crippen LogP) is 0.0629. The molecule has 0 radical (unpaired) electrons. The van der Waals surface area contributed by atoms with Gasteiger partial charge in [0.15, 0.2) is 0 Å². The molecule has 0 saturated carbocycles. The fourth-order valence-corrected chi connectivity index (χ4v) is 0. The van der Waals surface area contributed by atoms with E-state index in [0.717, 1.165) is 0 Å². The zero-order valence-corrected chi connectivity index (χ0v) is 5.79. The van der Waals surface area contributed by atoms with Crippen LogP contribution in [0.1, 0.15) is 0 Å². The molecule has 5 heavy (non-hydrogen) atoms. The first kappa shape index (κ1) is 9.03. The van der Waals surface area contributed by atoms with Gasteiger partial charge >= 0.3 is 27.4 Å². The fourth-order valence-electron chi connectivity index (χ4n) is 0. The molecule has 0 aromatic rings. The van der Waals surface area contributed by atoms with Gasteiger partial charge in [0.1, 0.15) is 0 Å². The van der Waals surface area contributed by atoms with Crippen LogP contribution in [0.3, 0.4) is 0 Å². The van der Waals surface area contributed by atoms with Crippen LogP contribution in [0.25, 0.3) is 0 Å². The average molecular weight is 268 g/mol. The molecule has 0 bridgehead atoms. The van der Waals surface area contributed by atoms with E-state index in [4.69, 9.17) is 10.2 Å². The van der Waals surface area contributed by atoms with E-state index in [1.54, 1.807) is 0 Å². The molecular weight excluding hydrogens is 267 g/mol. The summed E-state index contributed by atoms with van der Waals surface area (Å²) in [5.74, 6) is 0. The van der Waals surface area contributed by atoms with E-state index in [0.29, 0.717) is 0 Å². The van der Waals surface area contributed by atoms with Gasteiger partial charge in [0.25, 0.3) is 0 Å². The summed E-state index contributed by atoms with van der Waals surface area (Å²) in [4.78, 5) is 0. The summed E-state index contributed by atoms with van der Waals surface area (Å²) in [6.45, 7) is 0. The number of halogens is 1. The Morgan fingerprint density at radius 3 is 1.00 bits per heavy atom. The van der Waals surface area contributed by atoms with Gasteiger partial charge in [-0.25, -0.2) is 0 Å². The second-order valence-electron chi connectivity index (χ2n) is 0.204. The van der Waals surface area contributed by atoms with Crippen LogP contribution in [0, 0.1) is 0 Å². The molecule has 0 atom stereocenters. The Morgan fingerprint density at radius 1 is 1.00 bits per heavy atom. The first-order valence-corrected chi connectivity index (χ1v) is 4.09. The van der Waals surface area contributed by atoms with E-state index >= 15 is 0 Å². The van der Waals surface area contributed by atoms with Gasteiger partial charge in [-0.1, -0.05) is 0 Å². The molecule has 0 fully saturated rings. The second-order valence-corrected chi connectivity index (χ2v) is 1.67. The van der Waals surface area contributed by atoms with Crippen LogP contribution < -0.4 is 0 Å². The van der Waals surface area contributed by atoms with Crippen molar-refractivity contribution in [1.29, 1.82) is 0 Å². The summed E-state index contributed by atoms with van der Waals surface area (Å²) in [6.07, 6.45) is 0. The molecule has 0 rings (SSSR count). The van der Waals surface area contributed by atoms with Gasteiger partial charge in [-0.2, -0.15) is 0 Å². The molecule has 0 aliphatic carbocycles. The Morgan fingerprint density at radius 2 is 1.00 bits per heavy atom. The van der Waals surface area contributed by atoms with Crippen LogP contribution >= 0.6 is 12.4 Å². The molecular formula is HClO3W. The van der Waals surface area contributed by atoms with Crippen molar-refractivity contribution in [2.75, 3.05) is 0 Å².